The van der Waals surface area contributed by atoms with E-state index in [9.17, 15) is 4.79 Å². The van der Waals surface area contributed by atoms with Crippen LogP contribution in [0.4, 0.5) is 0 Å². The van der Waals surface area contributed by atoms with Crippen LogP contribution < -0.4 is 11.1 Å². The van der Waals surface area contributed by atoms with Crippen LogP contribution in [-0.2, 0) is 11.3 Å². The fraction of sp³-hybridized carbons (Fsp3) is 0.562. The third-order valence-corrected chi connectivity index (χ3v) is 4.24. The van der Waals surface area contributed by atoms with Gasteiger partial charge in [0.05, 0.1) is 6.04 Å². The van der Waals surface area contributed by atoms with Crippen molar-refractivity contribution in [3.8, 4) is 0 Å². The maximum absolute atomic E-state index is 12.0. The minimum atomic E-state index is -0.391. The lowest BCUT2D eigenvalue weighted by molar-refractivity contribution is -0.122. The first-order valence-corrected chi connectivity index (χ1v) is 7.80. The van der Waals surface area contributed by atoms with Gasteiger partial charge in [-0.3, -0.25) is 4.79 Å². The van der Waals surface area contributed by atoms with Crippen LogP contribution in [0.15, 0.2) is 24.3 Å². The average molecular weight is 295 g/mol. The van der Waals surface area contributed by atoms with Gasteiger partial charge in [-0.05, 0) is 30.0 Å². The Balaban J connectivity index is 1.76. The zero-order valence-corrected chi connectivity index (χ0v) is 12.5. The van der Waals surface area contributed by atoms with Gasteiger partial charge in [0.1, 0.15) is 0 Å². The topological polar surface area (TPSA) is 55.1 Å². The molecule has 1 aliphatic rings. The lowest BCUT2D eigenvalue weighted by Crippen LogP contribution is -2.41. The molecule has 110 valence electrons. The molecule has 1 aromatic rings. The summed E-state index contributed by atoms with van der Waals surface area (Å²) < 4.78 is 0. The number of nitrogens with two attached hydrogens (primary N) is 1. The number of rotatable bonds is 5. The Morgan fingerprint density at radius 2 is 2.10 bits per heavy atom. The number of hydrogen-bond donors (Lipinski definition) is 2. The summed E-state index contributed by atoms with van der Waals surface area (Å²) in [5, 5.41) is 3.58. The lowest BCUT2D eigenvalue weighted by atomic mass is 9.85. The Morgan fingerprint density at radius 1 is 1.35 bits per heavy atom. The molecule has 1 unspecified atom stereocenters. The SMILES string of the molecule is NC(CC1CCCCC1)C(=O)NCc1cccc(Cl)c1. The number of nitrogens with one attached hydrogen (secondary N) is 1. The van der Waals surface area contributed by atoms with E-state index in [4.69, 9.17) is 17.3 Å². The van der Waals surface area contributed by atoms with E-state index in [2.05, 4.69) is 5.32 Å². The summed E-state index contributed by atoms with van der Waals surface area (Å²) in [5.74, 6) is 0.561. The number of halogens is 1. The van der Waals surface area contributed by atoms with E-state index >= 15 is 0 Å². The first kappa shape index (κ1) is 15.3. The van der Waals surface area contributed by atoms with Crippen molar-refractivity contribution >= 4 is 17.5 Å². The van der Waals surface area contributed by atoms with Crippen molar-refractivity contribution in [3.05, 3.63) is 34.9 Å². The van der Waals surface area contributed by atoms with Gasteiger partial charge in [-0.2, -0.15) is 0 Å². The summed E-state index contributed by atoms with van der Waals surface area (Å²) in [7, 11) is 0. The van der Waals surface area contributed by atoms with E-state index < -0.39 is 6.04 Å². The first-order valence-electron chi connectivity index (χ1n) is 7.43. The second-order valence-electron chi connectivity index (χ2n) is 5.69. The summed E-state index contributed by atoms with van der Waals surface area (Å²) in [4.78, 5) is 12.0. The molecule has 0 radical (unpaired) electrons. The Hall–Kier alpha value is -1.06. The molecule has 3 N–H and O–H groups in total. The van der Waals surface area contributed by atoms with Gasteiger partial charge in [0.2, 0.25) is 5.91 Å². The smallest absolute Gasteiger partial charge is 0.237 e. The minimum absolute atomic E-state index is 0.0597. The molecule has 0 aliphatic heterocycles. The number of carbonyl (C=O) groups is 1. The fourth-order valence-corrected chi connectivity index (χ4v) is 3.07. The van der Waals surface area contributed by atoms with Gasteiger partial charge in [0.25, 0.3) is 0 Å². The summed E-state index contributed by atoms with van der Waals surface area (Å²) in [5.41, 5.74) is 7.00. The summed E-state index contributed by atoms with van der Waals surface area (Å²) in [6.07, 6.45) is 7.13. The first-order chi connectivity index (χ1) is 9.65. The largest absolute Gasteiger partial charge is 0.351 e. The van der Waals surface area contributed by atoms with Gasteiger partial charge >= 0.3 is 0 Å². The van der Waals surface area contributed by atoms with Crippen LogP contribution >= 0.6 is 11.6 Å². The number of amides is 1. The Labute approximate surface area is 125 Å². The molecule has 0 heterocycles. The number of hydrogen-bond acceptors (Lipinski definition) is 2. The summed E-state index contributed by atoms with van der Waals surface area (Å²) in [6.45, 7) is 0.484. The van der Waals surface area contributed by atoms with Crippen LogP contribution in [0, 0.1) is 5.92 Å². The standard InChI is InChI=1S/C16H23ClN2O/c17-14-8-4-7-13(9-14)11-19-16(20)15(18)10-12-5-2-1-3-6-12/h4,7-9,12,15H,1-3,5-6,10-11,18H2,(H,19,20). The van der Waals surface area contributed by atoms with Gasteiger partial charge in [0.15, 0.2) is 0 Å². The monoisotopic (exact) mass is 294 g/mol. The van der Waals surface area contributed by atoms with Crippen molar-refractivity contribution in [2.45, 2.75) is 51.1 Å². The molecule has 20 heavy (non-hydrogen) atoms. The van der Waals surface area contributed by atoms with Gasteiger partial charge in [-0.25, -0.2) is 0 Å². The van der Waals surface area contributed by atoms with Gasteiger partial charge in [-0.15, -0.1) is 0 Å². The van der Waals surface area contributed by atoms with Crippen molar-refractivity contribution in [1.29, 1.82) is 0 Å². The molecule has 1 saturated carbocycles. The van der Waals surface area contributed by atoms with Crippen LogP contribution in [0.5, 0.6) is 0 Å². The van der Waals surface area contributed by atoms with Crippen molar-refractivity contribution in [2.24, 2.45) is 11.7 Å². The van der Waals surface area contributed by atoms with E-state index in [1.165, 1.54) is 32.1 Å². The third-order valence-electron chi connectivity index (χ3n) is 4.00. The molecule has 0 bridgehead atoms. The van der Waals surface area contributed by atoms with Crippen LogP contribution in [0.25, 0.3) is 0 Å². The Bertz CT molecular complexity index is 444. The molecule has 2 rings (SSSR count). The molecule has 1 aliphatic carbocycles. The maximum Gasteiger partial charge on any atom is 0.237 e. The molecule has 1 amide bonds. The van der Waals surface area contributed by atoms with Crippen molar-refractivity contribution in [2.75, 3.05) is 0 Å². The molecule has 3 nitrogen and oxygen atoms in total. The highest BCUT2D eigenvalue weighted by Gasteiger charge is 2.20. The minimum Gasteiger partial charge on any atom is -0.351 e. The number of carbonyl (C=O) groups excluding carboxylic acids is 1. The van der Waals surface area contributed by atoms with Crippen LogP contribution in [0.3, 0.4) is 0 Å². The molecule has 0 aromatic heterocycles. The highest BCUT2D eigenvalue weighted by molar-refractivity contribution is 6.30. The van der Waals surface area contributed by atoms with E-state index in [1.54, 1.807) is 0 Å². The highest BCUT2D eigenvalue weighted by Crippen LogP contribution is 2.26. The average Bonchev–Trinajstić information content (AvgIpc) is 2.46. The second-order valence-corrected chi connectivity index (χ2v) is 6.13. The van der Waals surface area contributed by atoms with Gasteiger partial charge in [0, 0.05) is 11.6 Å². The lowest BCUT2D eigenvalue weighted by Gasteiger charge is -2.24. The highest BCUT2D eigenvalue weighted by atomic mass is 35.5. The van der Waals surface area contributed by atoms with Gasteiger partial charge in [-0.1, -0.05) is 55.8 Å². The summed E-state index contributed by atoms with van der Waals surface area (Å²) in [6, 6.07) is 7.11. The Morgan fingerprint density at radius 3 is 2.80 bits per heavy atom. The molecule has 1 fully saturated rings. The molecule has 0 spiro atoms. The molecule has 1 aromatic carbocycles. The van der Waals surface area contributed by atoms with Crippen LogP contribution in [-0.4, -0.2) is 11.9 Å². The zero-order valence-electron chi connectivity index (χ0n) is 11.8. The molecule has 4 heteroatoms. The van der Waals surface area contributed by atoms with Crippen molar-refractivity contribution < 1.29 is 4.79 Å². The van der Waals surface area contributed by atoms with Crippen molar-refractivity contribution in [3.63, 3.8) is 0 Å². The van der Waals surface area contributed by atoms with E-state index in [1.807, 2.05) is 24.3 Å². The zero-order chi connectivity index (χ0) is 14.4. The van der Waals surface area contributed by atoms with E-state index in [0.717, 1.165) is 12.0 Å². The van der Waals surface area contributed by atoms with E-state index in [0.29, 0.717) is 17.5 Å². The summed E-state index contributed by atoms with van der Waals surface area (Å²) >= 11 is 5.91. The Kier molecular flexibility index (Phi) is 5.86. The molecule has 1 atom stereocenters. The second kappa shape index (κ2) is 7.65. The quantitative estimate of drug-likeness (QED) is 0.876. The molecular weight excluding hydrogens is 272 g/mol. The predicted octanol–water partition coefficient (Wildman–Crippen LogP) is 3.25. The maximum atomic E-state index is 12.0. The third kappa shape index (κ3) is 4.80. The number of benzene rings is 1. The van der Waals surface area contributed by atoms with Gasteiger partial charge < -0.3 is 11.1 Å². The van der Waals surface area contributed by atoms with Crippen LogP contribution in [0.2, 0.25) is 5.02 Å². The van der Waals surface area contributed by atoms with E-state index in [-0.39, 0.29) is 5.91 Å². The van der Waals surface area contributed by atoms with Crippen LogP contribution in [0.1, 0.15) is 44.1 Å². The molecular formula is C16H23ClN2O. The fourth-order valence-electron chi connectivity index (χ4n) is 2.86. The van der Waals surface area contributed by atoms with Crippen molar-refractivity contribution in [1.82, 2.24) is 5.32 Å². The predicted molar refractivity (Wildman–Crippen MR) is 82.5 cm³/mol. The molecule has 0 saturated heterocycles. The normalized spacial score (nSPS) is 17.7.